The molecule has 0 bridgehead atoms. The molecule has 0 atom stereocenters. The molecule has 1 aromatic heterocycles. The fourth-order valence-electron chi connectivity index (χ4n) is 2.87. The topological polar surface area (TPSA) is 63.5 Å². The van der Waals surface area contributed by atoms with Gasteiger partial charge >= 0.3 is 6.18 Å². The van der Waals surface area contributed by atoms with Gasteiger partial charge in [-0.05, 0) is 38.5 Å². The molecule has 1 aromatic carbocycles. The first-order valence-corrected chi connectivity index (χ1v) is 9.46. The van der Waals surface area contributed by atoms with Crippen molar-refractivity contribution < 1.29 is 17.9 Å². The van der Waals surface area contributed by atoms with Gasteiger partial charge in [-0.3, -0.25) is 4.68 Å². The van der Waals surface area contributed by atoms with Crippen molar-refractivity contribution in [3.05, 3.63) is 52.3 Å². The Bertz CT molecular complexity index is 813. The van der Waals surface area contributed by atoms with E-state index in [-0.39, 0.29) is 6.54 Å². The fourth-order valence-corrected chi connectivity index (χ4v) is 2.87. The van der Waals surface area contributed by atoms with Crippen molar-refractivity contribution in [2.45, 2.75) is 46.6 Å². The van der Waals surface area contributed by atoms with Crippen LogP contribution in [0.1, 0.15) is 35.0 Å². The highest BCUT2D eigenvalue weighted by molar-refractivity contribution is 5.79. The Morgan fingerprint density at radius 2 is 1.86 bits per heavy atom. The lowest BCUT2D eigenvalue weighted by molar-refractivity contribution is -0.137. The summed E-state index contributed by atoms with van der Waals surface area (Å²) >= 11 is 0. The van der Waals surface area contributed by atoms with E-state index in [1.54, 1.807) is 7.11 Å². The number of alkyl halides is 3. The Morgan fingerprint density at radius 3 is 2.45 bits per heavy atom. The zero-order valence-electron chi connectivity index (χ0n) is 17.2. The zero-order chi connectivity index (χ0) is 21.4. The number of aromatic nitrogens is 2. The second-order valence-corrected chi connectivity index (χ2v) is 6.61. The van der Waals surface area contributed by atoms with Crippen LogP contribution in [0.15, 0.2) is 29.3 Å². The predicted octanol–water partition coefficient (Wildman–Crippen LogP) is 3.42. The van der Waals surface area contributed by atoms with Gasteiger partial charge in [-0.2, -0.15) is 18.3 Å². The van der Waals surface area contributed by atoms with Crippen LogP contribution in [0.2, 0.25) is 0 Å². The molecule has 6 nitrogen and oxygen atoms in total. The van der Waals surface area contributed by atoms with E-state index in [9.17, 15) is 13.2 Å². The second kappa shape index (κ2) is 10.3. The quantitative estimate of drug-likeness (QED) is 0.516. The molecule has 29 heavy (non-hydrogen) atoms. The number of nitrogens with one attached hydrogen (secondary N) is 2. The van der Waals surface area contributed by atoms with Crippen LogP contribution in [0.3, 0.4) is 0 Å². The summed E-state index contributed by atoms with van der Waals surface area (Å²) in [6.45, 7) is 8.69. The minimum atomic E-state index is -4.33. The first-order valence-electron chi connectivity index (χ1n) is 9.46. The Hall–Kier alpha value is -2.55. The van der Waals surface area contributed by atoms with Gasteiger partial charge in [-0.15, -0.1) is 0 Å². The molecule has 0 unspecified atom stereocenters. The lowest BCUT2D eigenvalue weighted by Crippen LogP contribution is -2.37. The molecule has 0 radical (unpaired) electrons. The molecule has 2 rings (SSSR count). The minimum Gasteiger partial charge on any atom is -0.383 e. The number of halogens is 3. The number of nitrogens with zero attached hydrogens (tertiary/aromatic N) is 3. The fraction of sp³-hybridized carbons (Fsp3) is 0.500. The summed E-state index contributed by atoms with van der Waals surface area (Å²) in [4.78, 5) is 4.47. The van der Waals surface area contributed by atoms with Crippen LogP contribution in [0.25, 0.3) is 0 Å². The predicted molar refractivity (Wildman–Crippen MR) is 107 cm³/mol. The van der Waals surface area contributed by atoms with Gasteiger partial charge in [-0.25, -0.2) is 4.99 Å². The highest BCUT2D eigenvalue weighted by Gasteiger charge is 2.29. The van der Waals surface area contributed by atoms with E-state index in [4.69, 9.17) is 4.74 Å². The number of hydrogen-bond acceptors (Lipinski definition) is 3. The first-order chi connectivity index (χ1) is 13.8. The number of guanidine groups is 1. The average Bonchev–Trinajstić information content (AvgIpc) is 2.95. The van der Waals surface area contributed by atoms with E-state index >= 15 is 0 Å². The summed E-state index contributed by atoms with van der Waals surface area (Å²) in [6, 6.07) is 5.05. The van der Waals surface area contributed by atoms with Gasteiger partial charge in [-0.1, -0.05) is 12.1 Å². The zero-order valence-corrected chi connectivity index (χ0v) is 17.2. The minimum absolute atomic E-state index is 0.276. The smallest absolute Gasteiger partial charge is 0.383 e. The molecular formula is C20H28F3N5O. The maximum atomic E-state index is 12.7. The Kier molecular flexibility index (Phi) is 8.07. The Morgan fingerprint density at radius 1 is 1.17 bits per heavy atom. The highest BCUT2D eigenvalue weighted by Crippen LogP contribution is 2.29. The van der Waals surface area contributed by atoms with Crippen molar-refractivity contribution in [1.82, 2.24) is 20.4 Å². The number of aryl methyl sites for hydroxylation is 1. The summed E-state index contributed by atoms with van der Waals surface area (Å²) in [5.74, 6) is 0.593. The number of aliphatic imine (C=N–C) groups is 1. The monoisotopic (exact) mass is 411 g/mol. The molecule has 2 aromatic rings. The van der Waals surface area contributed by atoms with Crippen molar-refractivity contribution in [3.63, 3.8) is 0 Å². The van der Waals surface area contributed by atoms with Gasteiger partial charge < -0.3 is 15.4 Å². The molecule has 0 aliphatic carbocycles. The van der Waals surface area contributed by atoms with Gasteiger partial charge in [0.25, 0.3) is 0 Å². The van der Waals surface area contributed by atoms with Crippen LogP contribution in [0.5, 0.6) is 0 Å². The molecule has 0 amide bonds. The van der Waals surface area contributed by atoms with Gasteiger partial charge in [0.05, 0.1) is 31.0 Å². The van der Waals surface area contributed by atoms with Gasteiger partial charge in [0, 0.05) is 31.5 Å². The first kappa shape index (κ1) is 22.7. The third kappa shape index (κ3) is 6.49. The molecule has 0 spiro atoms. The van der Waals surface area contributed by atoms with E-state index in [1.165, 1.54) is 12.1 Å². The third-order valence-corrected chi connectivity index (χ3v) is 4.52. The van der Waals surface area contributed by atoms with E-state index < -0.39 is 11.7 Å². The molecule has 0 aliphatic heterocycles. The van der Waals surface area contributed by atoms with Crippen molar-refractivity contribution in [2.75, 3.05) is 20.3 Å². The van der Waals surface area contributed by atoms with Crippen LogP contribution in [-0.2, 0) is 30.5 Å². The maximum Gasteiger partial charge on any atom is 0.416 e. The summed E-state index contributed by atoms with van der Waals surface area (Å²) in [5.41, 5.74) is 3.12. The molecule has 0 aliphatic rings. The summed E-state index contributed by atoms with van der Waals surface area (Å²) in [5, 5.41) is 11.0. The number of rotatable bonds is 8. The maximum absolute atomic E-state index is 12.7. The third-order valence-electron chi connectivity index (χ3n) is 4.52. The lowest BCUT2D eigenvalue weighted by Gasteiger charge is -2.12. The molecule has 1 heterocycles. The average molecular weight is 411 g/mol. The largest absolute Gasteiger partial charge is 0.416 e. The van der Waals surface area contributed by atoms with Crippen LogP contribution >= 0.6 is 0 Å². The van der Waals surface area contributed by atoms with E-state index in [0.717, 1.165) is 29.1 Å². The summed E-state index contributed by atoms with van der Waals surface area (Å²) < 4.78 is 45.0. The standard InChI is InChI=1S/C20H28F3N5O/c1-5-24-19(25-12-16-6-8-17(9-7-16)20(21,22)23)26-13-18-14(2)27-28(15(18)3)10-11-29-4/h6-9H,5,10-13H2,1-4H3,(H2,24,25,26). The van der Waals surface area contributed by atoms with Gasteiger partial charge in [0.1, 0.15) is 0 Å². The summed E-state index contributed by atoms with van der Waals surface area (Å²) in [7, 11) is 1.66. The van der Waals surface area contributed by atoms with Crippen LogP contribution in [-0.4, -0.2) is 36.0 Å². The Labute approximate surface area is 169 Å². The number of hydrogen-bond donors (Lipinski definition) is 2. The lowest BCUT2D eigenvalue weighted by atomic mass is 10.1. The molecular weight excluding hydrogens is 383 g/mol. The number of benzene rings is 1. The number of ether oxygens (including phenoxy) is 1. The van der Waals surface area contributed by atoms with Crippen molar-refractivity contribution >= 4 is 5.96 Å². The molecule has 9 heteroatoms. The van der Waals surface area contributed by atoms with Gasteiger partial charge in [0.15, 0.2) is 5.96 Å². The molecule has 0 saturated heterocycles. The normalized spacial score (nSPS) is 12.3. The second-order valence-electron chi connectivity index (χ2n) is 6.61. The molecule has 0 saturated carbocycles. The van der Waals surface area contributed by atoms with Crippen LogP contribution < -0.4 is 10.6 Å². The van der Waals surface area contributed by atoms with Crippen LogP contribution in [0, 0.1) is 13.8 Å². The number of methoxy groups -OCH3 is 1. The van der Waals surface area contributed by atoms with Crippen molar-refractivity contribution in [3.8, 4) is 0 Å². The molecule has 160 valence electrons. The Balaban J connectivity index is 2.04. The van der Waals surface area contributed by atoms with E-state index in [1.807, 2.05) is 25.5 Å². The molecule has 2 N–H and O–H groups in total. The van der Waals surface area contributed by atoms with E-state index in [2.05, 4.69) is 20.7 Å². The SMILES string of the molecule is CCNC(=NCc1ccc(C(F)(F)F)cc1)NCc1c(C)nn(CCOC)c1C. The van der Waals surface area contributed by atoms with Crippen LogP contribution in [0.4, 0.5) is 13.2 Å². The highest BCUT2D eigenvalue weighted by atomic mass is 19.4. The van der Waals surface area contributed by atoms with Gasteiger partial charge in [0.2, 0.25) is 0 Å². The summed E-state index contributed by atoms with van der Waals surface area (Å²) in [6.07, 6.45) is -4.33. The van der Waals surface area contributed by atoms with E-state index in [0.29, 0.717) is 37.8 Å². The molecule has 0 fully saturated rings. The van der Waals surface area contributed by atoms with Crippen molar-refractivity contribution in [1.29, 1.82) is 0 Å². The van der Waals surface area contributed by atoms with Crippen molar-refractivity contribution in [2.24, 2.45) is 4.99 Å².